The van der Waals surface area contributed by atoms with Crippen molar-refractivity contribution in [2.45, 2.75) is 6.42 Å². The van der Waals surface area contributed by atoms with Crippen LogP contribution in [0, 0.1) is 0 Å². The van der Waals surface area contributed by atoms with Crippen molar-refractivity contribution < 1.29 is 9.59 Å². The van der Waals surface area contributed by atoms with Crippen LogP contribution in [0.3, 0.4) is 0 Å². The van der Waals surface area contributed by atoms with E-state index in [9.17, 15) is 9.59 Å². The highest BCUT2D eigenvalue weighted by atomic mass is 16.2. The first-order chi connectivity index (χ1) is 8.06. The molecule has 1 aromatic heterocycles. The molecule has 2 rings (SSSR count). The lowest BCUT2D eigenvalue weighted by molar-refractivity contribution is -0.124. The molecule has 0 bridgehead atoms. The predicted octanol–water partition coefficient (Wildman–Crippen LogP) is -1.87. The fourth-order valence-corrected chi connectivity index (χ4v) is 1.46. The SMILES string of the molecule is Nc1nc(N)nc(CCN2C(=O)CNC2=O)n1. The van der Waals surface area contributed by atoms with Crippen molar-refractivity contribution in [3.8, 4) is 0 Å². The van der Waals surface area contributed by atoms with Crippen LogP contribution >= 0.6 is 0 Å². The van der Waals surface area contributed by atoms with Gasteiger partial charge in [-0.2, -0.15) is 15.0 Å². The third-order valence-electron chi connectivity index (χ3n) is 2.21. The number of anilines is 2. The molecule has 1 fully saturated rings. The minimum atomic E-state index is -0.412. The van der Waals surface area contributed by atoms with Gasteiger partial charge < -0.3 is 16.8 Å². The van der Waals surface area contributed by atoms with E-state index in [0.29, 0.717) is 5.82 Å². The second-order valence-electron chi connectivity index (χ2n) is 3.42. The van der Waals surface area contributed by atoms with E-state index in [1.165, 1.54) is 0 Å². The van der Waals surface area contributed by atoms with Crippen molar-refractivity contribution >= 4 is 23.8 Å². The highest BCUT2D eigenvalue weighted by molar-refractivity contribution is 6.01. The summed E-state index contributed by atoms with van der Waals surface area (Å²) < 4.78 is 0. The van der Waals surface area contributed by atoms with Crippen LogP contribution < -0.4 is 16.8 Å². The van der Waals surface area contributed by atoms with E-state index in [1.807, 2.05) is 0 Å². The first-order valence-electron chi connectivity index (χ1n) is 4.90. The van der Waals surface area contributed by atoms with Crippen LogP contribution in [0.1, 0.15) is 5.82 Å². The molecular weight excluding hydrogens is 226 g/mol. The number of carbonyl (C=O) groups excluding carboxylic acids is 2. The van der Waals surface area contributed by atoms with Gasteiger partial charge in [0.05, 0.1) is 6.54 Å². The number of hydrogen-bond acceptors (Lipinski definition) is 7. The molecule has 0 unspecified atom stereocenters. The fourth-order valence-electron chi connectivity index (χ4n) is 1.46. The van der Waals surface area contributed by atoms with E-state index in [4.69, 9.17) is 11.5 Å². The van der Waals surface area contributed by atoms with Crippen molar-refractivity contribution in [3.05, 3.63) is 5.82 Å². The highest BCUT2D eigenvalue weighted by Gasteiger charge is 2.28. The Morgan fingerprint density at radius 2 is 1.82 bits per heavy atom. The topological polar surface area (TPSA) is 140 Å². The van der Waals surface area contributed by atoms with E-state index < -0.39 is 6.03 Å². The van der Waals surface area contributed by atoms with E-state index in [0.717, 1.165) is 4.90 Å². The van der Waals surface area contributed by atoms with Gasteiger partial charge in [0.15, 0.2) is 0 Å². The summed E-state index contributed by atoms with van der Waals surface area (Å²) in [5.74, 6) is 0.113. The van der Waals surface area contributed by atoms with Crippen LogP contribution in [-0.4, -0.2) is 44.9 Å². The normalized spacial score (nSPS) is 15.2. The summed E-state index contributed by atoms with van der Waals surface area (Å²) in [6.07, 6.45) is 0.288. The van der Waals surface area contributed by atoms with Gasteiger partial charge in [0.1, 0.15) is 5.82 Å². The summed E-state index contributed by atoms with van der Waals surface area (Å²) in [6.45, 7) is 0.216. The average molecular weight is 237 g/mol. The maximum Gasteiger partial charge on any atom is 0.324 e. The largest absolute Gasteiger partial charge is 0.368 e. The molecule has 5 N–H and O–H groups in total. The highest BCUT2D eigenvalue weighted by Crippen LogP contribution is 2.03. The number of rotatable bonds is 3. The molecule has 3 amide bonds. The van der Waals surface area contributed by atoms with Crippen molar-refractivity contribution in [2.24, 2.45) is 0 Å². The molecule has 0 spiro atoms. The first kappa shape index (κ1) is 11.0. The van der Waals surface area contributed by atoms with Gasteiger partial charge in [-0.25, -0.2) is 4.79 Å². The molecule has 1 aromatic rings. The Labute approximate surface area is 96.2 Å². The van der Waals surface area contributed by atoms with Gasteiger partial charge in [0, 0.05) is 13.0 Å². The Morgan fingerprint density at radius 3 is 2.35 bits per heavy atom. The number of nitrogens with zero attached hydrogens (tertiary/aromatic N) is 4. The molecule has 90 valence electrons. The zero-order chi connectivity index (χ0) is 12.4. The second-order valence-corrected chi connectivity index (χ2v) is 3.42. The van der Waals surface area contributed by atoms with Crippen LogP contribution in [0.15, 0.2) is 0 Å². The van der Waals surface area contributed by atoms with E-state index in [1.54, 1.807) is 0 Å². The number of nitrogens with one attached hydrogen (secondary N) is 1. The summed E-state index contributed by atoms with van der Waals surface area (Å²) in [4.78, 5) is 34.9. The minimum Gasteiger partial charge on any atom is -0.368 e. The van der Waals surface area contributed by atoms with Crippen molar-refractivity contribution in [1.29, 1.82) is 0 Å². The van der Waals surface area contributed by atoms with Crippen molar-refractivity contribution in [2.75, 3.05) is 24.6 Å². The smallest absolute Gasteiger partial charge is 0.324 e. The van der Waals surface area contributed by atoms with Gasteiger partial charge in [-0.15, -0.1) is 0 Å². The molecule has 9 nitrogen and oxygen atoms in total. The summed E-state index contributed by atoms with van der Waals surface area (Å²) in [5, 5.41) is 2.41. The maximum absolute atomic E-state index is 11.3. The summed E-state index contributed by atoms with van der Waals surface area (Å²) in [5.41, 5.74) is 10.8. The molecule has 0 aliphatic carbocycles. The molecule has 1 saturated heterocycles. The molecule has 0 atom stereocenters. The molecule has 1 aliphatic heterocycles. The molecule has 17 heavy (non-hydrogen) atoms. The van der Waals surface area contributed by atoms with E-state index in [-0.39, 0.29) is 37.3 Å². The third-order valence-corrected chi connectivity index (χ3v) is 2.21. The lowest BCUT2D eigenvalue weighted by Crippen LogP contribution is -2.33. The zero-order valence-corrected chi connectivity index (χ0v) is 8.88. The van der Waals surface area contributed by atoms with Crippen molar-refractivity contribution in [3.63, 3.8) is 0 Å². The van der Waals surface area contributed by atoms with Crippen LogP contribution in [0.2, 0.25) is 0 Å². The van der Waals surface area contributed by atoms with E-state index >= 15 is 0 Å². The number of carbonyl (C=O) groups is 2. The van der Waals surface area contributed by atoms with Gasteiger partial charge >= 0.3 is 6.03 Å². The number of aromatic nitrogens is 3. The van der Waals surface area contributed by atoms with Gasteiger partial charge in [0.25, 0.3) is 0 Å². The van der Waals surface area contributed by atoms with Crippen LogP contribution in [0.5, 0.6) is 0 Å². The lowest BCUT2D eigenvalue weighted by atomic mass is 10.3. The number of amides is 3. The zero-order valence-electron chi connectivity index (χ0n) is 8.88. The Morgan fingerprint density at radius 1 is 1.18 bits per heavy atom. The number of hydrogen-bond donors (Lipinski definition) is 3. The third kappa shape index (κ3) is 2.38. The number of imide groups is 1. The van der Waals surface area contributed by atoms with Gasteiger partial charge in [0.2, 0.25) is 17.8 Å². The van der Waals surface area contributed by atoms with Gasteiger partial charge in [-0.1, -0.05) is 0 Å². The Hall–Kier alpha value is -2.45. The Bertz CT molecular complexity index is 439. The fraction of sp³-hybridized carbons (Fsp3) is 0.375. The van der Waals surface area contributed by atoms with E-state index in [2.05, 4.69) is 20.3 Å². The summed E-state index contributed by atoms with van der Waals surface area (Å²) >= 11 is 0. The maximum atomic E-state index is 11.3. The molecule has 0 aromatic carbocycles. The summed E-state index contributed by atoms with van der Waals surface area (Å²) in [7, 11) is 0. The molecule has 0 radical (unpaired) electrons. The predicted molar refractivity (Wildman–Crippen MR) is 57.5 cm³/mol. The van der Waals surface area contributed by atoms with Crippen LogP contribution in [0.25, 0.3) is 0 Å². The number of nitrogen functional groups attached to an aromatic ring is 2. The summed E-state index contributed by atoms with van der Waals surface area (Å²) in [6, 6.07) is -0.412. The molecule has 9 heteroatoms. The quantitative estimate of drug-likeness (QED) is 0.523. The van der Waals surface area contributed by atoms with Gasteiger partial charge in [-0.3, -0.25) is 9.69 Å². The number of urea groups is 1. The molecular formula is C8H11N7O2. The Kier molecular flexibility index (Phi) is 2.73. The van der Waals surface area contributed by atoms with Crippen LogP contribution in [0.4, 0.5) is 16.7 Å². The van der Waals surface area contributed by atoms with Gasteiger partial charge in [-0.05, 0) is 0 Å². The minimum absolute atomic E-state index is 0.0182. The first-order valence-corrected chi connectivity index (χ1v) is 4.90. The second kappa shape index (κ2) is 4.20. The Balaban J connectivity index is 2.02. The molecule has 2 heterocycles. The molecule has 0 saturated carbocycles. The monoisotopic (exact) mass is 237 g/mol. The molecule has 1 aliphatic rings. The number of nitrogens with two attached hydrogens (primary N) is 2. The standard InChI is InChI=1S/C8H11N7O2/c9-6-12-4(13-7(10)14-6)1-2-15-5(16)3-11-8(15)17/h1-3H2,(H,11,17)(H4,9,10,12,13,14). The van der Waals surface area contributed by atoms with Crippen LogP contribution in [-0.2, 0) is 11.2 Å². The van der Waals surface area contributed by atoms with Crippen molar-refractivity contribution in [1.82, 2.24) is 25.2 Å². The average Bonchev–Trinajstić information content (AvgIpc) is 2.55. The lowest BCUT2D eigenvalue weighted by Gasteiger charge is -2.11.